The van der Waals surface area contributed by atoms with Crippen LogP contribution in [0.3, 0.4) is 0 Å². The van der Waals surface area contributed by atoms with E-state index in [1.165, 1.54) is 7.05 Å². The molecule has 0 saturated heterocycles. The van der Waals surface area contributed by atoms with Crippen LogP contribution in [0.25, 0.3) is 11.0 Å². The van der Waals surface area contributed by atoms with E-state index < -0.39 is 0 Å². The van der Waals surface area contributed by atoms with Crippen molar-refractivity contribution in [2.75, 3.05) is 14.1 Å². The number of hydrogen-bond donors (Lipinski definition) is 1. The number of aromatic nitrogens is 4. The van der Waals surface area contributed by atoms with Crippen LogP contribution in [-0.4, -0.2) is 45.4 Å². The standard InChI is InChI=1S/C13H14N6O3/c1-14-13(20)12-15-11(21-18-12)7-19(2)6-8-3-4-9-10(5-8)17-22-16-9/h3-5H,6-7H2,1-2H3,(H,14,20). The molecule has 0 unspecified atom stereocenters. The summed E-state index contributed by atoms with van der Waals surface area (Å²) in [7, 11) is 3.43. The van der Waals surface area contributed by atoms with Crippen molar-refractivity contribution in [1.29, 1.82) is 0 Å². The maximum absolute atomic E-state index is 11.4. The number of nitrogens with zero attached hydrogens (tertiary/aromatic N) is 5. The van der Waals surface area contributed by atoms with Gasteiger partial charge in [0, 0.05) is 13.6 Å². The molecule has 1 amide bonds. The number of carbonyl (C=O) groups is 1. The highest BCUT2D eigenvalue weighted by Crippen LogP contribution is 2.13. The minimum atomic E-state index is -0.373. The summed E-state index contributed by atoms with van der Waals surface area (Å²) in [5.74, 6) is 0.0351. The molecule has 0 aliphatic heterocycles. The summed E-state index contributed by atoms with van der Waals surface area (Å²) in [4.78, 5) is 17.4. The van der Waals surface area contributed by atoms with Crippen LogP contribution in [0.5, 0.6) is 0 Å². The van der Waals surface area contributed by atoms with Gasteiger partial charge in [0.15, 0.2) is 0 Å². The quantitative estimate of drug-likeness (QED) is 0.729. The van der Waals surface area contributed by atoms with Crippen LogP contribution < -0.4 is 5.32 Å². The molecule has 0 spiro atoms. The summed E-state index contributed by atoms with van der Waals surface area (Å²) in [6.45, 7) is 1.08. The number of nitrogens with one attached hydrogen (secondary N) is 1. The van der Waals surface area contributed by atoms with Crippen LogP contribution in [0.1, 0.15) is 22.1 Å². The van der Waals surface area contributed by atoms with Gasteiger partial charge in [-0.2, -0.15) is 4.98 Å². The zero-order chi connectivity index (χ0) is 15.5. The molecule has 0 atom stereocenters. The lowest BCUT2D eigenvalue weighted by atomic mass is 10.2. The van der Waals surface area contributed by atoms with Gasteiger partial charge in [0.05, 0.1) is 6.54 Å². The largest absolute Gasteiger partial charge is 0.352 e. The third kappa shape index (κ3) is 2.93. The van der Waals surface area contributed by atoms with Crippen LogP contribution >= 0.6 is 0 Å². The van der Waals surface area contributed by atoms with E-state index in [9.17, 15) is 4.79 Å². The smallest absolute Gasteiger partial charge is 0.292 e. The van der Waals surface area contributed by atoms with Crippen molar-refractivity contribution in [1.82, 2.24) is 30.7 Å². The average molecular weight is 302 g/mol. The van der Waals surface area contributed by atoms with Crippen molar-refractivity contribution in [3.05, 3.63) is 35.5 Å². The predicted molar refractivity (Wildman–Crippen MR) is 74.7 cm³/mol. The van der Waals surface area contributed by atoms with E-state index in [4.69, 9.17) is 4.52 Å². The summed E-state index contributed by atoms with van der Waals surface area (Å²) in [5.41, 5.74) is 2.49. The van der Waals surface area contributed by atoms with Crippen LogP contribution in [-0.2, 0) is 13.1 Å². The lowest BCUT2D eigenvalue weighted by Gasteiger charge is -2.13. The van der Waals surface area contributed by atoms with Crippen molar-refractivity contribution < 1.29 is 13.9 Å². The Hall–Kier alpha value is -2.81. The number of carbonyl (C=O) groups excluding carboxylic acids is 1. The Morgan fingerprint density at radius 3 is 2.86 bits per heavy atom. The monoisotopic (exact) mass is 302 g/mol. The molecule has 1 N–H and O–H groups in total. The van der Waals surface area contributed by atoms with Gasteiger partial charge in [-0.05, 0) is 35.1 Å². The highest BCUT2D eigenvalue weighted by molar-refractivity contribution is 5.89. The molecule has 3 aromatic rings. The third-order valence-corrected chi connectivity index (χ3v) is 3.07. The van der Waals surface area contributed by atoms with Gasteiger partial charge in [0.2, 0.25) is 5.89 Å². The Labute approximate surface area is 125 Å². The first kappa shape index (κ1) is 14.1. The molecule has 9 heteroatoms. The maximum atomic E-state index is 11.4. The highest BCUT2D eigenvalue weighted by Gasteiger charge is 2.14. The van der Waals surface area contributed by atoms with Gasteiger partial charge in [-0.25, -0.2) is 4.63 Å². The van der Waals surface area contributed by atoms with Crippen molar-refractivity contribution in [3.8, 4) is 0 Å². The van der Waals surface area contributed by atoms with Crippen molar-refractivity contribution in [2.45, 2.75) is 13.1 Å². The normalized spacial score (nSPS) is 11.2. The van der Waals surface area contributed by atoms with E-state index in [0.717, 1.165) is 11.1 Å². The summed E-state index contributed by atoms with van der Waals surface area (Å²) < 4.78 is 9.72. The number of benzene rings is 1. The number of rotatable bonds is 5. The topological polar surface area (TPSA) is 110 Å². The SMILES string of the molecule is CNC(=O)c1noc(CN(C)Cc2ccc3nonc3c2)n1. The van der Waals surface area contributed by atoms with Gasteiger partial charge in [-0.15, -0.1) is 0 Å². The van der Waals surface area contributed by atoms with E-state index in [0.29, 0.717) is 24.5 Å². The minimum Gasteiger partial charge on any atom is -0.352 e. The van der Waals surface area contributed by atoms with E-state index >= 15 is 0 Å². The summed E-state index contributed by atoms with van der Waals surface area (Å²) >= 11 is 0. The van der Waals surface area contributed by atoms with Crippen LogP contribution in [0, 0.1) is 0 Å². The molecule has 22 heavy (non-hydrogen) atoms. The Balaban J connectivity index is 1.65. The predicted octanol–water partition coefficient (Wildman–Crippen LogP) is 0.597. The number of fused-ring (bicyclic) bond motifs is 1. The van der Waals surface area contributed by atoms with Gasteiger partial charge < -0.3 is 9.84 Å². The zero-order valence-electron chi connectivity index (χ0n) is 12.1. The third-order valence-electron chi connectivity index (χ3n) is 3.07. The minimum absolute atomic E-state index is 0.0287. The van der Waals surface area contributed by atoms with Gasteiger partial charge in [0.25, 0.3) is 11.7 Å². The fraction of sp³-hybridized carbons (Fsp3) is 0.308. The molecule has 114 valence electrons. The molecule has 0 bridgehead atoms. The van der Waals surface area contributed by atoms with E-state index in [1.807, 2.05) is 30.1 Å². The molecule has 1 aromatic carbocycles. The molecule has 0 aliphatic carbocycles. The molecular formula is C13H14N6O3. The molecule has 3 rings (SSSR count). The first-order valence-corrected chi connectivity index (χ1v) is 6.60. The Morgan fingerprint density at radius 2 is 2.05 bits per heavy atom. The van der Waals surface area contributed by atoms with Crippen molar-refractivity contribution in [3.63, 3.8) is 0 Å². The van der Waals surface area contributed by atoms with Crippen molar-refractivity contribution in [2.24, 2.45) is 0 Å². The molecule has 0 saturated carbocycles. The lowest BCUT2D eigenvalue weighted by Crippen LogP contribution is -2.20. The summed E-state index contributed by atoms with van der Waals surface area (Å²) in [5, 5.41) is 13.6. The highest BCUT2D eigenvalue weighted by atomic mass is 16.6. The maximum Gasteiger partial charge on any atom is 0.292 e. The molecule has 2 heterocycles. The molecule has 2 aromatic heterocycles. The lowest BCUT2D eigenvalue weighted by molar-refractivity contribution is 0.0950. The molecule has 0 aliphatic rings. The Bertz CT molecular complexity index is 796. The first-order valence-electron chi connectivity index (χ1n) is 6.60. The van der Waals surface area contributed by atoms with Crippen LogP contribution in [0.15, 0.2) is 27.4 Å². The Morgan fingerprint density at radius 1 is 1.23 bits per heavy atom. The van der Waals surface area contributed by atoms with Gasteiger partial charge >= 0.3 is 0 Å². The first-order chi connectivity index (χ1) is 10.7. The van der Waals surface area contributed by atoms with Crippen molar-refractivity contribution >= 4 is 16.9 Å². The second kappa shape index (κ2) is 5.90. The second-order valence-corrected chi connectivity index (χ2v) is 4.85. The second-order valence-electron chi connectivity index (χ2n) is 4.85. The molecule has 9 nitrogen and oxygen atoms in total. The molecule has 0 radical (unpaired) electrons. The Kier molecular flexibility index (Phi) is 3.79. The molecule has 0 fully saturated rings. The number of hydrogen-bond acceptors (Lipinski definition) is 8. The summed E-state index contributed by atoms with van der Waals surface area (Å²) in [6, 6.07) is 5.71. The van der Waals surface area contributed by atoms with E-state index in [2.05, 4.69) is 30.4 Å². The molecular weight excluding hydrogens is 288 g/mol. The summed E-state index contributed by atoms with van der Waals surface area (Å²) in [6.07, 6.45) is 0. The average Bonchev–Trinajstić information content (AvgIpc) is 3.14. The van der Waals surface area contributed by atoms with E-state index in [-0.39, 0.29) is 11.7 Å². The van der Waals surface area contributed by atoms with Crippen LogP contribution in [0.2, 0.25) is 0 Å². The number of amides is 1. The zero-order valence-corrected chi connectivity index (χ0v) is 12.1. The fourth-order valence-corrected chi connectivity index (χ4v) is 2.05. The van der Waals surface area contributed by atoms with Gasteiger partial charge in [0.1, 0.15) is 11.0 Å². The van der Waals surface area contributed by atoms with Gasteiger partial charge in [-0.1, -0.05) is 11.2 Å². The van der Waals surface area contributed by atoms with E-state index in [1.54, 1.807) is 0 Å². The fourth-order valence-electron chi connectivity index (χ4n) is 2.05. The van der Waals surface area contributed by atoms with Gasteiger partial charge in [-0.3, -0.25) is 9.69 Å². The van der Waals surface area contributed by atoms with Crippen LogP contribution in [0.4, 0.5) is 0 Å².